The Morgan fingerprint density at radius 3 is 2.40 bits per heavy atom. The Kier molecular flexibility index (Phi) is 4.77. The monoisotopic (exact) mass is 273 g/mol. The maximum absolute atomic E-state index is 13.8. The lowest BCUT2D eigenvalue weighted by Crippen LogP contribution is -2.20. The summed E-state index contributed by atoms with van der Waals surface area (Å²) < 4.78 is 13.8. The van der Waals surface area contributed by atoms with E-state index < -0.39 is 0 Å². The van der Waals surface area contributed by atoms with Crippen molar-refractivity contribution in [3.63, 3.8) is 0 Å². The molecule has 0 aliphatic heterocycles. The zero-order valence-electron chi connectivity index (χ0n) is 12.7. The molecule has 2 aromatic rings. The fourth-order valence-electron chi connectivity index (χ4n) is 2.60. The van der Waals surface area contributed by atoms with E-state index in [1.807, 2.05) is 37.4 Å². The highest BCUT2D eigenvalue weighted by Crippen LogP contribution is 2.29. The first-order valence-electron chi connectivity index (χ1n) is 7.34. The highest BCUT2D eigenvalue weighted by molar-refractivity contribution is 5.86. The molecule has 2 heteroatoms. The molecule has 0 aromatic heterocycles. The fourth-order valence-corrected chi connectivity index (χ4v) is 2.60. The fraction of sp³-hybridized carbons (Fsp3) is 0.444. The Bertz CT molecular complexity index is 575. The molecule has 0 spiro atoms. The molecule has 2 aromatic carbocycles. The molecule has 0 saturated carbocycles. The number of rotatable bonds is 6. The van der Waals surface area contributed by atoms with Gasteiger partial charge in [0.15, 0.2) is 0 Å². The van der Waals surface area contributed by atoms with E-state index in [9.17, 15) is 4.39 Å². The molecule has 0 aliphatic rings. The molecular weight excluding hydrogens is 249 g/mol. The Balaban J connectivity index is 2.16. The molecule has 0 aliphatic carbocycles. The Hall–Kier alpha value is -1.41. The molecule has 2 rings (SSSR count). The van der Waals surface area contributed by atoms with E-state index >= 15 is 0 Å². The van der Waals surface area contributed by atoms with Gasteiger partial charge in [0.25, 0.3) is 0 Å². The molecular formula is C18H24FN. The van der Waals surface area contributed by atoms with Gasteiger partial charge in [0.1, 0.15) is 5.82 Å². The number of fused-ring (bicyclic) bond motifs is 1. The van der Waals surface area contributed by atoms with Crippen molar-refractivity contribution in [1.29, 1.82) is 0 Å². The van der Waals surface area contributed by atoms with Gasteiger partial charge >= 0.3 is 0 Å². The van der Waals surface area contributed by atoms with Gasteiger partial charge in [0.2, 0.25) is 0 Å². The SMILES string of the molecule is CNCCC(C)(C)CCc1ccc(F)c2ccccc12. The van der Waals surface area contributed by atoms with E-state index in [1.165, 1.54) is 5.56 Å². The van der Waals surface area contributed by atoms with Gasteiger partial charge < -0.3 is 5.32 Å². The zero-order chi connectivity index (χ0) is 14.6. The van der Waals surface area contributed by atoms with Crippen LogP contribution >= 0.6 is 0 Å². The first kappa shape index (κ1) is 15.0. The Morgan fingerprint density at radius 1 is 1.00 bits per heavy atom. The first-order chi connectivity index (χ1) is 9.53. The van der Waals surface area contributed by atoms with Crippen molar-refractivity contribution in [3.8, 4) is 0 Å². The van der Waals surface area contributed by atoms with Gasteiger partial charge in [-0.1, -0.05) is 44.2 Å². The van der Waals surface area contributed by atoms with E-state index in [-0.39, 0.29) is 5.82 Å². The predicted molar refractivity (Wildman–Crippen MR) is 84.6 cm³/mol. The predicted octanol–water partition coefficient (Wildman–Crippen LogP) is 4.55. The Labute approximate surface area is 121 Å². The van der Waals surface area contributed by atoms with Gasteiger partial charge in [0.05, 0.1) is 0 Å². The van der Waals surface area contributed by atoms with Crippen LogP contribution in [0, 0.1) is 11.2 Å². The lowest BCUT2D eigenvalue weighted by atomic mass is 9.82. The number of halogens is 1. The average molecular weight is 273 g/mol. The van der Waals surface area contributed by atoms with Gasteiger partial charge in [-0.2, -0.15) is 0 Å². The standard InChI is InChI=1S/C18H24FN/c1-18(2,12-13-20-3)11-10-14-8-9-17(19)16-7-5-4-6-15(14)16/h4-9,20H,10-13H2,1-3H3. The van der Waals surface area contributed by atoms with Crippen LogP contribution in [0.2, 0.25) is 0 Å². The second kappa shape index (κ2) is 6.36. The van der Waals surface area contributed by atoms with Crippen LogP contribution in [0.1, 0.15) is 32.3 Å². The van der Waals surface area contributed by atoms with Gasteiger partial charge in [-0.25, -0.2) is 4.39 Å². The van der Waals surface area contributed by atoms with Crippen molar-refractivity contribution in [1.82, 2.24) is 5.32 Å². The van der Waals surface area contributed by atoms with E-state index in [1.54, 1.807) is 6.07 Å². The molecule has 0 unspecified atom stereocenters. The minimum atomic E-state index is -0.126. The molecule has 108 valence electrons. The van der Waals surface area contributed by atoms with Crippen LogP contribution in [0.15, 0.2) is 36.4 Å². The average Bonchev–Trinajstić information content (AvgIpc) is 2.45. The van der Waals surface area contributed by atoms with Crippen LogP contribution in [0.4, 0.5) is 4.39 Å². The summed E-state index contributed by atoms with van der Waals surface area (Å²) in [4.78, 5) is 0. The molecule has 1 N–H and O–H groups in total. The van der Waals surface area contributed by atoms with Crippen LogP contribution in [0.3, 0.4) is 0 Å². The molecule has 0 fully saturated rings. The van der Waals surface area contributed by atoms with Crippen molar-refractivity contribution in [3.05, 3.63) is 47.8 Å². The number of aryl methyl sites for hydroxylation is 1. The van der Waals surface area contributed by atoms with Gasteiger partial charge in [-0.05, 0) is 55.3 Å². The normalized spacial score (nSPS) is 12.0. The molecule has 0 saturated heterocycles. The third-order valence-corrected chi connectivity index (χ3v) is 4.08. The maximum Gasteiger partial charge on any atom is 0.131 e. The summed E-state index contributed by atoms with van der Waals surface area (Å²) in [7, 11) is 1.99. The van der Waals surface area contributed by atoms with Crippen LogP contribution in [0.25, 0.3) is 10.8 Å². The van der Waals surface area contributed by atoms with Crippen molar-refractivity contribution in [2.24, 2.45) is 5.41 Å². The summed E-state index contributed by atoms with van der Waals surface area (Å²) in [6.45, 7) is 5.64. The highest BCUT2D eigenvalue weighted by Gasteiger charge is 2.17. The molecule has 0 heterocycles. The molecule has 0 atom stereocenters. The van der Waals surface area contributed by atoms with E-state index in [2.05, 4.69) is 19.2 Å². The smallest absolute Gasteiger partial charge is 0.131 e. The minimum Gasteiger partial charge on any atom is -0.320 e. The second-order valence-corrected chi connectivity index (χ2v) is 6.27. The first-order valence-corrected chi connectivity index (χ1v) is 7.34. The highest BCUT2D eigenvalue weighted by atomic mass is 19.1. The number of hydrogen-bond acceptors (Lipinski definition) is 1. The van der Waals surface area contributed by atoms with E-state index in [0.717, 1.165) is 36.6 Å². The van der Waals surface area contributed by atoms with E-state index in [4.69, 9.17) is 0 Å². The summed E-state index contributed by atoms with van der Waals surface area (Å²) in [5.41, 5.74) is 1.55. The number of hydrogen-bond donors (Lipinski definition) is 1. The molecule has 1 nitrogen and oxygen atoms in total. The maximum atomic E-state index is 13.8. The summed E-state index contributed by atoms with van der Waals surface area (Å²) in [6, 6.07) is 11.3. The largest absolute Gasteiger partial charge is 0.320 e. The van der Waals surface area contributed by atoms with Gasteiger partial charge in [-0.3, -0.25) is 0 Å². The van der Waals surface area contributed by atoms with Gasteiger partial charge in [0, 0.05) is 5.39 Å². The van der Waals surface area contributed by atoms with Crippen LogP contribution in [-0.4, -0.2) is 13.6 Å². The van der Waals surface area contributed by atoms with Crippen LogP contribution in [-0.2, 0) is 6.42 Å². The summed E-state index contributed by atoms with van der Waals surface area (Å²) in [5.74, 6) is -0.126. The van der Waals surface area contributed by atoms with Crippen molar-refractivity contribution < 1.29 is 4.39 Å². The molecule has 0 radical (unpaired) electrons. The summed E-state index contributed by atoms with van der Waals surface area (Å²) in [6.07, 6.45) is 3.27. The number of nitrogens with one attached hydrogen (secondary N) is 1. The quantitative estimate of drug-likeness (QED) is 0.814. The van der Waals surface area contributed by atoms with Gasteiger partial charge in [-0.15, -0.1) is 0 Å². The van der Waals surface area contributed by atoms with Crippen molar-refractivity contribution in [2.45, 2.75) is 33.1 Å². The molecule has 0 bridgehead atoms. The molecule has 0 amide bonds. The van der Waals surface area contributed by atoms with Crippen LogP contribution < -0.4 is 5.32 Å². The zero-order valence-corrected chi connectivity index (χ0v) is 12.7. The topological polar surface area (TPSA) is 12.0 Å². The molecule has 20 heavy (non-hydrogen) atoms. The minimum absolute atomic E-state index is 0.126. The number of benzene rings is 2. The van der Waals surface area contributed by atoms with E-state index in [0.29, 0.717) is 5.41 Å². The lowest BCUT2D eigenvalue weighted by Gasteiger charge is -2.24. The third kappa shape index (κ3) is 3.57. The van der Waals surface area contributed by atoms with Crippen molar-refractivity contribution in [2.75, 3.05) is 13.6 Å². The Morgan fingerprint density at radius 2 is 1.70 bits per heavy atom. The van der Waals surface area contributed by atoms with Crippen LogP contribution in [0.5, 0.6) is 0 Å². The second-order valence-electron chi connectivity index (χ2n) is 6.27. The summed E-state index contributed by atoms with van der Waals surface area (Å²) in [5, 5.41) is 5.00. The van der Waals surface area contributed by atoms with Crippen molar-refractivity contribution >= 4 is 10.8 Å². The lowest BCUT2D eigenvalue weighted by molar-refractivity contribution is 0.306. The third-order valence-electron chi connectivity index (χ3n) is 4.08. The summed E-state index contributed by atoms with van der Waals surface area (Å²) >= 11 is 0.